The first-order valence-electron chi connectivity index (χ1n) is 9.09. The van der Waals surface area contributed by atoms with Crippen molar-refractivity contribution in [1.29, 1.82) is 0 Å². The molecule has 0 aromatic rings. The second kappa shape index (κ2) is 5.23. The zero-order valence-corrected chi connectivity index (χ0v) is 15.0. The Hall–Kier alpha value is -0.0800. The highest BCUT2D eigenvalue weighted by atomic mass is 16.5. The molecule has 0 aromatic carbocycles. The molecule has 2 heteroatoms. The molecule has 5 atom stereocenters. The van der Waals surface area contributed by atoms with Crippen molar-refractivity contribution in [2.45, 2.75) is 97.4 Å². The van der Waals surface area contributed by atoms with Crippen molar-refractivity contribution in [3.05, 3.63) is 0 Å². The molecule has 2 saturated heterocycles. The van der Waals surface area contributed by atoms with Gasteiger partial charge in [0.15, 0.2) is 0 Å². The van der Waals surface area contributed by atoms with E-state index in [1.807, 2.05) is 0 Å². The first-order valence-corrected chi connectivity index (χ1v) is 9.09. The number of ether oxygens (including phenoxy) is 1. The molecule has 1 aliphatic carbocycles. The van der Waals surface area contributed by atoms with Crippen LogP contribution in [0.2, 0.25) is 0 Å². The Bertz CT molecular complexity index is 378. The second-order valence-electron chi connectivity index (χ2n) is 9.77. The molecule has 0 bridgehead atoms. The number of hydrogen-bond acceptors (Lipinski definition) is 2. The smallest absolute Gasteiger partial charge is 0.0618 e. The molecule has 0 N–H and O–H groups in total. The molecule has 3 rings (SSSR count). The van der Waals surface area contributed by atoms with Crippen molar-refractivity contribution >= 4 is 0 Å². The molecule has 2 aliphatic heterocycles. The van der Waals surface area contributed by atoms with Crippen LogP contribution in [-0.4, -0.2) is 35.2 Å². The van der Waals surface area contributed by atoms with Gasteiger partial charge < -0.3 is 4.74 Å². The lowest BCUT2D eigenvalue weighted by atomic mass is 9.74. The predicted octanol–water partition coefficient (Wildman–Crippen LogP) is 4.48. The van der Waals surface area contributed by atoms with Gasteiger partial charge in [-0.1, -0.05) is 33.6 Å². The van der Waals surface area contributed by atoms with Crippen LogP contribution < -0.4 is 0 Å². The van der Waals surface area contributed by atoms with Gasteiger partial charge in [0.05, 0.1) is 12.7 Å². The Balaban J connectivity index is 1.94. The summed E-state index contributed by atoms with van der Waals surface area (Å²) in [6.07, 6.45) is 7.34. The van der Waals surface area contributed by atoms with Crippen molar-refractivity contribution in [3.8, 4) is 0 Å². The van der Waals surface area contributed by atoms with Gasteiger partial charge in [0.2, 0.25) is 0 Å². The van der Waals surface area contributed by atoms with Crippen LogP contribution >= 0.6 is 0 Å². The van der Waals surface area contributed by atoms with Crippen molar-refractivity contribution in [3.63, 3.8) is 0 Å². The summed E-state index contributed by atoms with van der Waals surface area (Å²) in [5.74, 6) is 1.54. The Labute approximate surface area is 131 Å². The minimum Gasteiger partial charge on any atom is -0.378 e. The SMILES string of the molecule is CC(C)(C)C1CC2COC3CCCCC3C2N1C(C)(C)C. The molecular formula is C19H35NO. The molecule has 2 nitrogen and oxygen atoms in total. The summed E-state index contributed by atoms with van der Waals surface area (Å²) in [5.41, 5.74) is 0.617. The summed E-state index contributed by atoms with van der Waals surface area (Å²) in [6, 6.07) is 1.45. The van der Waals surface area contributed by atoms with Crippen molar-refractivity contribution < 1.29 is 4.74 Å². The van der Waals surface area contributed by atoms with Gasteiger partial charge in [0.25, 0.3) is 0 Å². The van der Waals surface area contributed by atoms with Crippen molar-refractivity contribution in [2.24, 2.45) is 17.3 Å². The fourth-order valence-electron chi connectivity index (χ4n) is 5.35. The van der Waals surface area contributed by atoms with E-state index in [1.165, 1.54) is 32.1 Å². The molecule has 5 unspecified atom stereocenters. The maximum atomic E-state index is 6.29. The third-order valence-electron chi connectivity index (χ3n) is 6.16. The molecule has 122 valence electrons. The minimum absolute atomic E-state index is 0.261. The van der Waals surface area contributed by atoms with E-state index in [2.05, 4.69) is 46.4 Å². The summed E-state index contributed by atoms with van der Waals surface area (Å²) >= 11 is 0. The zero-order valence-electron chi connectivity index (χ0n) is 15.0. The van der Waals surface area contributed by atoms with Crippen LogP contribution in [0.5, 0.6) is 0 Å². The highest BCUT2D eigenvalue weighted by molar-refractivity contribution is 5.08. The Morgan fingerprint density at radius 2 is 1.62 bits per heavy atom. The maximum absolute atomic E-state index is 6.29. The number of nitrogens with zero attached hydrogens (tertiary/aromatic N) is 1. The lowest BCUT2D eigenvalue weighted by Crippen LogP contribution is -2.59. The van der Waals surface area contributed by atoms with Crippen LogP contribution in [0.25, 0.3) is 0 Å². The van der Waals surface area contributed by atoms with E-state index in [0.29, 0.717) is 17.6 Å². The molecule has 3 aliphatic rings. The molecule has 0 spiro atoms. The van der Waals surface area contributed by atoms with E-state index >= 15 is 0 Å². The third kappa shape index (κ3) is 2.79. The van der Waals surface area contributed by atoms with Gasteiger partial charge in [0.1, 0.15) is 0 Å². The third-order valence-corrected chi connectivity index (χ3v) is 6.16. The molecule has 1 saturated carbocycles. The molecule has 21 heavy (non-hydrogen) atoms. The molecule has 0 amide bonds. The highest BCUT2D eigenvalue weighted by Gasteiger charge is 2.55. The van der Waals surface area contributed by atoms with Crippen molar-refractivity contribution in [2.75, 3.05) is 6.61 Å². The molecule has 0 aromatic heterocycles. The van der Waals surface area contributed by atoms with E-state index in [-0.39, 0.29) is 5.54 Å². The van der Waals surface area contributed by atoms with E-state index in [1.54, 1.807) is 0 Å². The van der Waals surface area contributed by atoms with E-state index in [9.17, 15) is 0 Å². The van der Waals surface area contributed by atoms with Crippen LogP contribution in [-0.2, 0) is 4.74 Å². The lowest BCUT2D eigenvalue weighted by molar-refractivity contribution is -0.119. The summed E-state index contributed by atoms with van der Waals surface area (Å²) in [5, 5.41) is 0. The van der Waals surface area contributed by atoms with Crippen LogP contribution in [0.4, 0.5) is 0 Å². The van der Waals surface area contributed by atoms with Crippen LogP contribution in [0.3, 0.4) is 0 Å². The predicted molar refractivity (Wildman–Crippen MR) is 88.4 cm³/mol. The number of hydrogen-bond donors (Lipinski definition) is 0. The van der Waals surface area contributed by atoms with Gasteiger partial charge in [-0.3, -0.25) is 4.90 Å². The Morgan fingerprint density at radius 1 is 0.952 bits per heavy atom. The zero-order chi connectivity index (χ0) is 15.4. The topological polar surface area (TPSA) is 12.5 Å². The van der Waals surface area contributed by atoms with Crippen LogP contribution in [0.1, 0.15) is 73.6 Å². The van der Waals surface area contributed by atoms with Gasteiger partial charge >= 0.3 is 0 Å². The van der Waals surface area contributed by atoms with Gasteiger partial charge in [-0.05, 0) is 51.4 Å². The maximum Gasteiger partial charge on any atom is 0.0618 e. The number of fused-ring (bicyclic) bond motifs is 3. The number of rotatable bonds is 0. The monoisotopic (exact) mass is 293 g/mol. The van der Waals surface area contributed by atoms with E-state index in [4.69, 9.17) is 4.74 Å². The molecule has 0 radical (unpaired) electrons. The Kier molecular flexibility index (Phi) is 3.94. The minimum atomic E-state index is 0.261. The van der Waals surface area contributed by atoms with Crippen LogP contribution in [0, 0.1) is 17.3 Å². The quantitative estimate of drug-likeness (QED) is 0.653. The highest BCUT2D eigenvalue weighted by Crippen LogP contribution is 2.50. The number of likely N-dealkylation sites (tertiary alicyclic amines) is 1. The molecule has 3 fully saturated rings. The molecular weight excluding hydrogens is 258 g/mol. The van der Waals surface area contributed by atoms with Gasteiger partial charge in [0, 0.05) is 23.5 Å². The molecule has 2 heterocycles. The largest absolute Gasteiger partial charge is 0.378 e. The van der Waals surface area contributed by atoms with Gasteiger partial charge in [-0.15, -0.1) is 0 Å². The average Bonchev–Trinajstić information content (AvgIpc) is 2.78. The summed E-state index contributed by atoms with van der Waals surface area (Å²) in [6.45, 7) is 15.5. The summed E-state index contributed by atoms with van der Waals surface area (Å²) in [4.78, 5) is 2.91. The normalized spacial score (nSPS) is 41.7. The van der Waals surface area contributed by atoms with Crippen LogP contribution in [0.15, 0.2) is 0 Å². The first-order chi connectivity index (χ1) is 9.69. The standard InChI is InChI=1S/C19H35NO/c1-18(2,3)16-11-13-12-21-15-10-8-7-9-14(15)17(13)20(16)19(4,5)6/h13-17H,7-12H2,1-6H3. The average molecular weight is 293 g/mol. The lowest BCUT2D eigenvalue weighted by Gasteiger charge is -2.52. The van der Waals surface area contributed by atoms with E-state index < -0.39 is 0 Å². The fraction of sp³-hybridized carbons (Fsp3) is 1.00. The van der Waals surface area contributed by atoms with Crippen molar-refractivity contribution in [1.82, 2.24) is 4.90 Å². The first kappa shape index (κ1) is 15.8. The second-order valence-corrected chi connectivity index (χ2v) is 9.77. The van der Waals surface area contributed by atoms with Gasteiger partial charge in [-0.2, -0.15) is 0 Å². The summed E-state index contributed by atoms with van der Waals surface area (Å²) < 4.78 is 6.29. The Morgan fingerprint density at radius 3 is 2.24 bits per heavy atom. The summed E-state index contributed by atoms with van der Waals surface area (Å²) in [7, 11) is 0. The van der Waals surface area contributed by atoms with E-state index in [0.717, 1.165) is 24.5 Å². The van der Waals surface area contributed by atoms with Gasteiger partial charge in [-0.25, -0.2) is 0 Å². The fourth-order valence-corrected chi connectivity index (χ4v) is 5.35.